The lowest BCUT2D eigenvalue weighted by Gasteiger charge is -2.30. The van der Waals surface area contributed by atoms with Crippen molar-refractivity contribution in [3.8, 4) is 5.69 Å². The number of benzene rings is 1. The molecule has 0 unspecified atom stereocenters. The first-order chi connectivity index (χ1) is 16.8. The van der Waals surface area contributed by atoms with Crippen LogP contribution in [0.15, 0.2) is 40.4 Å². The van der Waals surface area contributed by atoms with Crippen LogP contribution in [0, 0.1) is 6.92 Å². The number of rotatable bonds is 6. The molecule has 0 amide bonds. The first kappa shape index (κ1) is 24.2. The van der Waals surface area contributed by atoms with Gasteiger partial charge in [-0.25, -0.2) is 24.6 Å². The minimum absolute atomic E-state index is 0.000676. The third kappa shape index (κ3) is 5.97. The van der Waals surface area contributed by atoms with E-state index in [1.54, 1.807) is 4.68 Å². The second-order valence-electron chi connectivity index (χ2n) is 8.21. The predicted molar refractivity (Wildman–Crippen MR) is 134 cm³/mol. The third-order valence-corrected chi connectivity index (χ3v) is 5.86. The van der Waals surface area contributed by atoms with Crippen molar-refractivity contribution in [2.24, 2.45) is 15.7 Å². The van der Waals surface area contributed by atoms with Gasteiger partial charge in [-0.05, 0) is 37.5 Å². The molecule has 2 aromatic heterocycles. The molecule has 1 saturated heterocycles. The van der Waals surface area contributed by atoms with Crippen LogP contribution in [0.5, 0.6) is 0 Å². The molecule has 182 valence electrons. The standard InChI is InChI=1S/C22H26ClN11O/c1-13-10-34(32-31-13)16-4-2-14(3-5-16)11-33-8-6-15(7-9-33)27-22(26)28-17(12-35)18-20(24)30-21(25)19(23)29-18/h2-5,10,12,15H,6-9,11H2,1H3,(H2,26,27)(H4,24,25,30). The highest BCUT2D eigenvalue weighted by Crippen LogP contribution is 2.19. The Morgan fingerprint density at radius 1 is 1.17 bits per heavy atom. The number of likely N-dealkylation sites (tertiary alicyclic amines) is 1. The number of aromatic nitrogens is 5. The van der Waals surface area contributed by atoms with Gasteiger partial charge >= 0.3 is 0 Å². The lowest BCUT2D eigenvalue weighted by atomic mass is 10.0. The van der Waals surface area contributed by atoms with E-state index < -0.39 is 0 Å². The van der Waals surface area contributed by atoms with Crippen molar-refractivity contribution in [2.45, 2.75) is 32.4 Å². The molecule has 13 heteroatoms. The lowest BCUT2D eigenvalue weighted by Crippen LogP contribution is -2.35. The highest BCUT2D eigenvalue weighted by molar-refractivity contribution is 6.39. The molecular weight excluding hydrogens is 470 g/mol. The average molecular weight is 496 g/mol. The number of nitrogen functional groups attached to an aromatic ring is 2. The number of carbonyl (C=O) groups is 1. The summed E-state index contributed by atoms with van der Waals surface area (Å²) in [5, 5.41) is 8.04. The molecule has 1 aliphatic rings. The molecule has 3 heterocycles. The summed E-state index contributed by atoms with van der Waals surface area (Å²) in [7, 11) is 0. The van der Waals surface area contributed by atoms with Crippen molar-refractivity contribution in [3.05, 3.63) is 52.6 Å². The van der Waals surface area contributed by atoms with Gasteiger partial charge in [0.05, 0.1) is 23.6 Å². The fraction of sp³-hybridized carbons (Fsp3) is 0.318. The zero-order valence-electron chi connectivity index (χ0n) is 19.2. The van der Waals surface area contributed by atoms with Crippen molar-refractivity contribution in [1.29, 1.82) is 0 Å². The molecule has 0 saturated carbocycles. The monoisotopic (exact) mass is 495 g/mol. The first-order valence-electron chi connectivity index (χ1n) is 11.0. The van der Waals surface area contributed by atoms with Crippen LogP contribution in [-0.2, 0) is 11.3 Å². The number of hydrogen-bond acceptors (Lipinski definition) is 9. The van der Waals surface area contributed by atoms with E-state index >= 15 is 0 Å². The first-order valence-corrected chi connectivity index (χ1v) is 11.4. The summed E-state index contributed by atoms with van der Waals surface area (Å²) in [4.78, 5) is 30.3. The molecule has 6 N–H and O–H groups in total. The van der Waals surface area contributed by atoms with Gasteiger partial charge in [0.15, 0.2) is 23.1 Å². The number of carbonyl (C=O) groups excluding carboxylic acids is 1. The number of aldehydes is 1. The summed E-state index contributed by atoms with van der Waals surface area (Å²) in [6, 6.07) is 8.27. The van der Waals surface area contributed by atoms with Crippen LogP contribution in [0.25, 0.3) is 5.69 Å². The fourth-order valence-corrected chi connectivity index (χ4v) is 3.92. The smallest absolute Gasteiger partial charge is 0.216 e. The number of nitrogens with two attached hydrogens (primary N) is 3. The van der Waals surface area contributed by atoms with Crippen molar-refractivity contribution < 1.29 is 4.79 Å². The second-order valence-corrected chi connectivity index (χ2v) is 8.57. The minimum atomic E-state index is -0.111. The summed E-state index contributed by atoms with van der Waals surface area (Å²) in [5.41, 5.74) is 20.3. The SMILES string of the molecule is Cc1cn(-c2ccc(CN3CCC(N=C(N)N=C(C=O)c4nc(Cl)c(N)nc4N)CC3)cc2)nn1. The van der Waals surface area contributed by atoms with Crippen LogP contribution < -0.4 is 17.2 Å². The van der Waals surface area contributed by atoms with Crippen molar-refractivity contribution >= 4 is 41.2 Å². The summed E-state index contributed by atoms with van der Waals surface area (Å²) >= 11 is 5.89. The van der Waals surface area contributed by atoms with Gasteiger partial charge < -0.3 is 17.2 Å². The van der Waals surface area contributed by atoms with Gasteiger partial charge in [-0.2, -0.15) is 0 Å². The predicted octanol–water partition coefficient (Wildman–Crippen LogP) is 1.15. The van der Waals surface area contributed by atoms with E-state index in [4.69, 9.17) is 28.8 Å². The Morgan fingerprint density at radius 2 is 1.89 bits per heavy atom. The summed E-state index contributed by atoms with van der Waals surface area (Å²) in [5.74, 6) is -0.130. The van der Waals surface area contributed by atoms with Crippen LogP contribution in [0.3, 0.4) is 0 Å². The quantitative estimate of drug-likeness (QED) is 0.256. The molecule has 1 fully saturated rings. The number of aryl methyl sites for hydroxylation is 1. The number of halogens is 1. The lowest BCUT2D eigenvalue weighted by molar-refractivity contribution is -0.102. The van der Waals surface area contributed by atoms with E-state index in [0.717, 1.165) is 43.9 Å². The Bertz CT molecular complexity index is 1260. The molecule has 0 bridgehead atoms. The molecule has 4 rings (SSSR count). The molecule has 0 atom stereocenters. The maximum atomic E-state index is 11.5. The maximum absolute atomic E-state index is 11.5. The van der Waals surface area contributed by atoms with E-state index in [9.17, 15) is 4.79 Å². The number of nitrogens with zero attached hydrogens (tertiary/aromatic N) is 8. The summed E-state index contributed by atoms with van der Waals surface area (Å²) in [6.45, 7) is 4.47. The van der Waals surface area contributed by atoms with Crippen molar-refractivity contribution in [1.82, 2.24) is 29.9 Å². The number of hydrogen-bond donors (Lipinski definition) is 3. The zero-order chi connectivity index (χ0) is 24.9. The van der Waals surface area contributed by atoms with Gasteiger partial charge in [-0.1, -0.05) is 28.9 Å². The van der Waals surface area contributed by atoms with Gasteiger partial charge in [0.25, 0.3) is 0 Å². The zero-order valence-corrected chi connectivity index (χ0v) is 19.9. The Balaban J connectivity index is 1.34. The van der Waals surface area contributed by atoms with Gasteiger partial charge in [0.2, 0.25) is 5.96 Å². The molecule has 0 aliphatic carbocycles. The maximum Gasteiger partial charge on any atom is 0.216 e. The third-order valence-electron chi connectivity index (χ3n) is 5.58. The van der Waals surface area contributed by atoms with Crippen LogP contribution in [0.4, 0.5) is 11.6 Å². The van der Waals surface area contributed by atoms with Crippen LogP contribution in [0.2, 0.25) is 5.15 Å². The second kappa shape index (κ2) is 10.6. The molecule has 0 radical (unpaired) electrons. The molecule has 35 heavy (non-hydrogen) atoms. The largest absolute Gasteiger partial charge is 0.382 e. The fourth-order valence-electron chi connectivity index (χ4n) is 3.80. The van der Waals surface area contributed by atoms with Gasteiger partial charge in [0, 0.05) is 19.6 Å². The molecule has 1 aliphatic heterocycles. The van der Waals surface area contributed by atoms with E-state index in [1.165, 1.54) is 5.56 Å². The molecular formula is C22H26ClN11O. The number of aliphatic imine (C=N–C) groups is 2. The van der Waals surface area contributed by atoms with Crippen LogP contribution in [-0.4, -0.2) is 67.0 Å². The van der Waals surface area contributed by atoms with E-state index in [1.807, 2.05) is 25.3 Å². The van der Waals surface area contributed by atoms with Gasteiger partial charge in [-0.15, -0.1) is 5.10 Å². The minimum Gasteiger partial charge on any atom is -0.382 e. The van der Waals surface area contributed by atoms with E-state index in [0.29, 0.717) is 6.29 Å². The molecule has 1 aromatic carbocycles. The Morgan fingerprint density at radius 3 is 2.51 bits per heavy atom. The summed E-state index contributed by atoms with van der Waals surface area (Å²) < 4.78 is 1.76. The molecule has 3 aromatic rings. The topological polar surface area (TPSA) is 180 Å². The molecule has 12 nitrogen and oxygen atoms in total. The number of piperidine rings is 1. The normalized spacial score (nSPS) is 15.9. The van der Waals surface area contributed by atoms with Gasteiger partial charge in [-0.3, -0.25) is 9.69 Å². The highest BCUT2D eigenvalue weighted by Gasteiger charge is 2.20. The Labute approximate surface area is 206 Å². The van der Waals surface area contributed by atoms with Crippen LogP contribution in [0.1, 0.15) is 29.8 Å². The molecule has 0 spiro atoms. The Kier molecular flexibility index (Phi) is 7.32. The number of anilines is 2. The van der Waals surface area contributed by atoms with E-state index in [2.05, 4.69) is 47.3 Å². The van der Waals surface area contributed by atoms with Gasteiger partial charge in [0.1, 0.15) is 11.4 Å². The summed E-state index contributed by atoms with van der Waals surface area (Å²) in [6.07, 6.45) is 4.01. The van der Waals surface area contributed by atoms with Crippen molar-refractivity contribution in [3.63, 3.8) is 0 Å². The Hall–Kier alpha value is -3.90. The highest BCUT2D eigenvalue weighted by atomic mass is 35.5. The van der Waals surface area contributed by atoms with E-state index in [-0.39, 0.29) is 40.2 Å². The van der Waals surface area contributed by atoms with Crippen molar-refractivity contribution in [2.75, 3.05) is 24.6 Å². The number of guanidine groups is 1. The van der Waals surface area contributed by atoms with Crippen LogP contribution >= 0.6 is 11.6 Å². The average Bonchev–Trinajstić information content (AvgIpc) is 3.28.